The Bertz CT molecular complexity index is 299. The number of hydrogen-bond donors (Lipinski definition) is 2. The number of nitrogens with zero attached hydrogens (tertiary/aromatic N) is 2. The molecule has 1 rings (SSSR count). The monoisotopic (exact) mass is 222 g/mol. The minimum Gasteiger partial charge on any atom is -0.370 e. The second-order valence-corrected chi connectivity index (χ2v) is 4.28. The van der Waals surface area contributed by atoms with Gasteiger partial charge in [-0.1, -0.05) is 13.8 Å². The van der Waals surface area contributed by atoms with Crippen LogP contribution in [0.15, 0.2) is 12.4 Å². The van der Waals surface area contributed by atoms with Crippen LogP contribution in [0.5, 0.6) is 0 Å². The van der Waals surface area contributed by atoms with Crippen LogP contribution in [-0.4, -0.2) is 23.1 Å². The van der Waals surface area contributed by atoms with E-state index in [9.17, 15) is 0 Å². The molecule has 1 heterocycles. The third-order valence-electron chi connectivity index (χ3n) is 2.29. The molecule has 0 radical (unpaired) electrons. The number of hydrogen-bond acceptors (Lipinski definition) is 4. The lowest BCUT2D eigenvalue weighted by Crippen LogP contribution is -2.06. The van der Waals surface area contributed by atoms with E-state index < -0.39 is 0 Å². The van der Waals surface area contributed by atoms with Gasteiger partial charge in [0.2, 0.25) is 0 Å². The molecule has 0 aromatic carbocycles. The van der Waals surface area contributed by atoms with E-state index in [1.165, 1.54) is 12.8 Å². The van der Waals surface area contributed by atoms with Crippen molar-refractivity contribution < 1.29 is 0 Å². The van der Waals surface area contributed by atoms with Gasteiger partial charge in [-0.25, -0.2) is 9.97 Å². The van der Waals surface area contributed by atoms with Crippen molar-refractivity contribution in [2.75, 3.05) is 23.7 Å². The van der Waals surface area contributed by atoms with Crippen molar-refractivity contribution in [1.29, 1.82) is 0 Å². The predicted molar refractivity (Wildman–Crippen MR) is 68.8 cm³/mol. The molecule has 0 aliphatic rings. The minimum absolute atomic E-state index is 0.768. The fraction of sp³-hybridized carbons (Fsp3) is 0.667. The van der Waals surface area contributed by atoms with E-state index in [4.69, 9.17) is 0 Å². The van der Waals surface area contributed by atoms with Crippen LogP contribution in [0.1, 0.15) is 33.6 Å². The molecule has 0 bridgehead atoms. The molecule has 0 unspecified atom stereocenters. The molecule has 16 heavy (non-hydrogen) atoms. The molecule has 0 spiro atoms. The van der Waals surface area contributed by atoms with E-state index in [1.807, 2.05) is 6.07 Å². The minimum atomic E-state index is 0.768. The third kappa shape index (κ3) is 4.96. The summed E-state index contributed by atoms with van der Waals surface area (Å²) in [6.45, 7) is 8.39. The summed E-state index contributed by atoms with van der Waals surface area (Å²) in [5, 5.41) is 6.47. The predicted octanol–water partition coefficient (Wildman–Crippen LogP) is 2.76. The lowest BCUT2D eigenvalue weighted by Gasteiger charge is -2.08. The van der Waals surface area contributed by atoms with Gasteiger partial charge >= 0.3 is 0 Å². The van der Waals surface area contributed by atoms with Crippen molar-refractivity contribution in [3.05, 3.63) is 12.4 Å². The van der Waals surface area contributed by atoms with Gasteiger partial charge < -0.3 is 10.6 Å². The zero-order chi connectivity index (χ0) is 11.8. The average Bonchev–Trinajstić information content (AvgIpc) is 2.25. The van der Waals surface area contributed by atoms with E-state index in [-0.39, 0.29) is 0 Å². The molecule has 1 aromatic rings. The van der Waals surface area contributed by atoms with Gasteiger partial charge in [0.1, 0.15) is 18.0 Å². The first-order valence-corrected chi connectivity index (χ1v) is 6.02. The van der Waals surface area contributed by atoms with Gasteiger partial charge in [0.15, 0.2) is 0 Å². The highest BCUT2D eigenvalue weighted by atomic mass is 15.1. The number of anilines is 2. The van der Waals surface area contributed by atoms with E-state index in [0.717, 1.165) is 30.6 Å². The molecule has 4 heteroatoms. The average molecular weight is 222 g/mol. The molecule has 0 saturated carbocycles. The molecule has 4 nitrogen and oxygen atoms in total. The van der Waals surface area contributed by atoms with Crippen LogP contribution in [0.3, 0.4) is 0 Å². The summed E-state index contributed by atoms with van der Waals surface area (Å²) >= 11 is 0. The van der Waals surface area contributed by atoms with E-state index in [1.54, 1.807) is 6.33 Å². The van der Waals surface area contributed by atoms with Gasteiger partial charge in [0.25, 0.3) is 0 Å². The van der Waals surface area contributed by atoms with E-state index in [2.05, 4.69) is 41.4 Å². The molecular weight excluding hydrogens is 200 g/mol. The SMILES string of the molecule is CCNc1cc(NCCCC(C)C)ncn1. The molecule has 0 atom stereocenters. The Morgan fingerprint density at radius 2 is 1.88 bits per heavy atom. The Hall–Kier alpha value is -1.32. The smallest absolute Gasteiger partial charge is 0.131 e. The van der Waals surface area contributed by atoms with Crippen LogP contribution < -0.4 is 10.6 Å². The van der Waals surface area contributed by atoms with Crippen LogP contribution in [0.2, 0.25) is 0 Å². The van der Waals surface area contributed by atoms with Gasteiger partial charge in [-0.05, 0) is 25.7 Å². The van der Waals surface area contributed by atoms with Gasteiger partial charge in [-0.15, -0.1) is 0 Å². The van der Waals surface area contributed by atoms with Crippen LogP contribution >= 0.6 is 0 Å². The highest BCUT2D eigenvalue weighted by Gasteiger charge is 1.98. The normalized spacial score (nSPS) is 10.5. The zero-order valence-electron chi connectivity index (χ0n) is 10.5. The lowest BCUT2D eigenvalue weighted by molar-refractivity contribution is 0.566. The second-order valence-electron chi connectivity index (χ2n) is 4.28. The van der Waals surface area contributed by atoms with E-state index in [0.29, 0.717) is 0 Å². The maximum absolute atomic E-state index is 4.18. The number of rotatable bonds is 7. The fourth-order valence-electron chi connectivity index (χ4n) is 1.46. The standard InChI is InChI=1S/C12H22N4/c1-4-13-11-8-12(16-9-15-11)14-7-5-6-10(2)3/h8-10H,4-7H2,1-3H3,(H2,13,14,15,16). The quantitative estimate of drug-likeness (QED) is 0.696. The molecule has 0 amide bonds. The first kappa shape index (κ1) is 12.7. The van der Waals surface area contributed by atoms with Crippen LogP contribution in [0.25, 0.3) is 0 Å². The second kappa shape index (κ2) is 7.04. The highest BCUT2D eigenvalue weighted by Crippen LogP contribution is 2.09. The maximum Gasteiger partial charge on any atom is 0.131 e. The Balaban J connectivity index is 2.33. The Morgan fingerprint density at radius 1 is 1.19 bits per heavy atom. The third-order valence-corrected chi connectivity index (χ3v) is 2.29. The summed E-state index contributed by atoms with van der Waals surface area (Å²) in [4.78, 5) is 8.30. The van der Waals surface area contributed by atoms with Crippen molar-refractivity contribution >= 4 is 11.6 Å². The summed E-state index contributed by atoms with van der Waals surface area (Å²) in [6.07, 6.45) is 4.01. The molecule has 2 N–H and O–H groups in total. The van der Waals surface area contributed by atoms with Gasteiger partial charge in [0, 0.05) is 19.2 Å². The van der Waals surface area contributed by atoms with Gasteiger partial charge in [0.05, 0.1) is 0 Å². The van der Waals surface area contributed by atoms with Crippen LogP contribution in [-0.2, 0) is 0 Å². The highest BCUT2D eigenvalue weighted by molar-refractivity contribution is 5.46. The summed E-state index contributed by atoms with van der Waals surface area (Å²) < 4.78 is 0. The Morgan fingerprint density at radius 3 is 2.50 bits per heavy atom. The largest absolute Gasteiger partial charge is 0.370 e. The van der Waals surface area contributed by atoms with E-state index >= 15 is 0 Å². The summed E-state index contributed by atoms with van der Waals surface area (Å²) in [7, 11) is 0. The Labute approximate surface area is 97.9 Å². The van der Waals surface area contributed by atoms with Crippen molar-refractivity contribution in [2.24, 2.45) is 5.92 Å². The summed E-state index contributed by atoms with van der Waals surface area (Å²) in [6, 6.07) is 1.94. The molecule has 1 aromatic heterocycles. The molecule has 90 valence electrons. The maximum atomic E-state index is 4.18. The fourth-order valence-corrected chi connectivity index (χ4v) is 1.46. The molecule has 0 aliphatic heterocycles. The first-order valence-electron chi connectivity index (χ1n) is 6.02. The molecule has 0 fully saturated rings. The van der Waals surface area contributed by atoms with Crippen molar-refractivity contribution in [3.63, 3.8) is 0 Å². The summed E-state index contributed by atoms with van der Waals surface area (Å²) in [5.41, 5.74) is 0. The topological polar surface area (TPSA) is 49.8 Å². The molecule has 0 aliphatic carbocycles. The van der Waals surface area contributed by atoms with Crippen molar-refractivity contribution in [2.45, 2.75) is 33.6 Å². The molecular formula is C12H22N4. The zero-order valence-corrected chi connectivity index (χ0v) is 10.5. The number of nitrogens with one attached hydrogen (secondary N) is 2. The van der Waals surface area contributed by atoms with Crippen LogP contribution in [0, 0.1) is 5.92 Å². The Kier molecular flexibility index (Phi) is 5.61. The molecule has 0 saturated heterocycles. The van der Waals surface area contributed by atoms with Crippen molar-refractivity contribution in [3.8, 4) is 0 Å². The first-order chi connectivity index (χ1) is 7.72. The number of aromatic nitrogens is 2. The van der Waals surface area contributed by atoms with Gasteiger partial charge in [-0.2, -0.15) is 0 Å². The lowest BCUT2D eigenvalue weighted by atomic mass is 10.1. The van der Waals surface area contributed by atoms with Crippen LogP contribution in [0.4, 0.5) is 11.6 Å². The summed E-state index contributed by atoms with van der Waals surface area (Å²) in [5.74, 6) is 2.54. The van der Waals surface area contributed by atoms with Crippen molar-refractivity contribution in [1.82, 2.24) is 9.97 Å². The van der Waals surface area contributed by atoms with Gasteiger partial charge in [-0.3, -0.25) is 0 Å².